The summed E-state index contributed by atoms with van der Waals surface area (Å²) in [4.78, 5) is 29.9. The van der Waals surface area contributed by atoms with Crippen molar-refractivity contribution in [2.75, 3.05) is 13.1 Å². The molecule has 1 saturated heterocycles. The molecule has 1 aliphatic rings. The zero-order chi connectivity index (χ0) is 20.8. The highest BCUT2D eigenvalue weighted by molar-refractivity contribution is 6.00. The molecule has 2 aromatic carbocycles. The van der Waals surface area contributed by atoms with Crippen LogP contribution in [-0.2, 0) is 16.1 Å². The summed E-state index contributed by atoms with van der Waals surface area (Å²) in [5.74, 6) is -7.34. The summed E-state index contributed by atoms with van der Waals surface area (Å²) in [5, 5.41) is 0. The molecule has 8 heteroatoms. The first-order chi connectivity index (χ1) is 13.9. The van der Waals surface area contributed by atoms with Gasteiger partial charge in [0.15, 0.2) is 17.5 Å². The van der Waals surface area contributed by atoms with Gasteiger partial charge in [0.05, 0.1) is 17.7 Å². The Hall–Kier alpha value is -3.00. The van der Waals surface area contributed by atoms with E-state index < -0.39 is 35.0 Å². The Kier molecular flexibility index (Phi) is 6.77. The summed E-state index contributed by atoms with van der Waals surface area (Å²) in [5.41, 5.74) is 0.938. The van der Waals surface area contributed by atoms with Crippen LogP contribution >= 0.6 is 0 Å². The SMILES string of the molecule is O=C(CC=Nc1ccc(CN2CCCC2)cc1)OC(=O)c1ccc(F)c(F)c1F. The molecule has 5 nitrogen and oxygen atoms in total. The van der Waals surface area contributed by atoms with Crippen molar-refractivity contribution in [1.29, 1.82) is 0 Å². The van der Waals surface area contributed by atoms with Gasteiger partial charge in [0.25, 0.3) is 0 Å². The Morgan fingerprint density at radius 1 is 1.00 bits per heavy atom. The predicted molar refractivity (Wildman–Crippen MR) is 100 cm³/mol. The second-order valence-corrected chi connectivity index (χ2v) is 6.65. The molecule has 0 aliphatic carbocycles. The van der Waals surface area contributed by atoms with Gasteiger partial charge >= 0.3 is 11.9 Å². The van der Waals surface area contributed by atoms with Crippen LogP contribution in [0.4, 0.5) is 18.9 Å². The van der Waals surface area contributed by atoms with E-state index in [9.17, 15) is 22.8 Å². The quantitative estimate of drug-likeness (QED) is 0.314. The third kappa shape index (κ3) is 5.51. The van der Waals surface area contributed by atoms with Crippen LogP contribution in [0, 0.1) is 17.5 Å². The third-order valence-electron chi connectivity index (χ3n) is 4.50. The molecule has 0 N–H and O–H groups in total. The maximum Gasteiger partial charge on any atom is 0.348 e. The zero-order valence-electron chi connectivity index (χ0n) is 15.5. The van der Waals surface area contributed by atoms with E-state index in [0.717, 1.165) is 19.6 Å². The predicted octanol–water partition coefficient (Wildman–Crippen LogP) is 4.18. The highest BCUT2D eigenvalue weighted by Gasteiger charge is 2.21. The summed E-state index contributed by atoms with van der Waals surface area (Å²) in [7, 11) is 0. The number of aliphatic imine (C=N–C) groups is 1. The van der Waals surface area contributed by atoms with Crippen LogP contribution in [0.25, 0.3) is 0 Å². The number of halogens is 3. The van der Waals surface area contributed by atoms with Crippen molar-refractivity contribution in [3.05, 3.63) is 65.0 Å². The molecule has 3 rings (SSSR count). The lowest BCUT2D eigenvalue weighted by Crippen LogP contribution is -2.18. The molecule has 0 aromatic heterocycles. The van der Waals surface area contributed by atoms with Crippen LogP contribution in [0.15, 0.2) is 41.4 Å². The lowest BCUT2D eigenvalue weighted by atomic mass is 10.2. The largest absolute Gasteiger partial charge is 0.389 e. The van der Waals surface area contributed by atoms with Crippen LogP contribution in [-0.4, -0.2) is 36.1 Å². The monoisotopic (exact) mass is 404 g/mol. The molecule has 0 amide bonds. The first kappa shape index (κ1) is 20.7. The molecule has 0 radical (unpaired) electrons. The molecule has 0 atom stereocenters. The topological polar surface area (TPSA) is 59.0 Å². The van der Waals surface area contributed by atoms with Gasteiger partial charge in [0.2, 0.25) is 0 Å². The Morgan fingerprint density at radius 3 is 2.38 bits per heavy atom. The van der Waals surface area contributed by atoms with Crippen LogP contribution in [0.5, 0.6) is 0 Å². The minimum Gasteiger partial charge on any atom is -0.389 e. The number of hydrogen-bond donors (Lipinski definition) is 0. The van der Waals surface area contributed by atoms with Gasteiger partial charge in [-0.1, -0.05) is 12.1 Å². The van der Waals surface area contributed by atoms with Crippen LogP contribution in [0.1, 0.15) is 35.2 Å². The average molecular weight is 404 g/mol. The number of nitrogens with zero attached hydrogens (tertiary/aromatic N) is 2. The number of ether oxygens (including phenoxy) is 1. The van der Waals surface area contributed by atoms with Gasteiger partial charge in [-0.3, -0.25) is 14.7 Å². The molecule has 0 saturated carbocycles. The second-order valence-electron chi connectivity index (χ2n) is 6.65. The maximum atomic E-state index is 13.5. The molecule has 1 heterocycles. The number of likely N-dealkylation sites (tertiary alicyclic amines) is 1. The number of carbonyl (C=O) groups excluding carboxylic acids is 2. The fourth-order valence-electron chi connectivity index (χ4n) is 3.00. The van der Waals surface area contributed by atoms with Crippen LogP contribution < -0.4 is 0 Å². The number of esters is 2. The van der Waals surface area contributed by atoms with E-state index in [4.69, 9.17) is 0 Å². The molecule has 0 spiro atoms. The number of hydrogen-bond acceptors (Lipinski definition) is 5. The Labute approximate surface area is 165 Å². The van der Waals surface area contributed by atoms with Crippen molar-refractivity contribution < 1.29 is 27.5 Å². The Morgan fingerprint density at radius 2 is 1.69 bits per heavy atom. The van der Waals surface area contributed by atoms with Gasteiger partial charge in [-0.15, -0.1) is 0 Å². The van der Waals surface area contributed by atoms with Crippen molar-refractivity contribution in [3.63, 3.8) is 0 Å². The van der Waals surface area contributed by atoms with E-state index in [-0.39, 0.29) is 6.42 Å². The molecular weight excluding hydrogens is 385 g/mol. The molecule has 152 valence electrons. The second kappa shape index (κ2) is 9.47. The summed E-state index contributed by atoms with van der Waals surface area (Å²) in [6.07, 6.45) is 3.37. The van der Waals surface area contributed by atoms with E-state index in [1.807, 2.05) is 24.3 Å². The van der Waals surface area contributed by atoms with Crippen molar-refractivity contribution in [1.82, 2.24) is 4.90 Å². The van der Waals surface area contributed by atoms with Crippen molar-refractivity contribution >= 4 is 23.8 Å². The first-order valence-electron chi connectivity index (χ1n) is 9.16. The fourth-order valence-corrected chi connectivity index (χ4v) is 3.00. The van der Waals surface area contributed by atoms with E-state index in [0.29, 0.717) is 17.8 Å². The molecule has 1 aliphatic heterocycles. The van der Waals surface area contributed by atoms with Crippen molar-refractivity contribution in [3.8, 4) is 0 Å². The third-order valence-corrected chi connectivity index (χ3v) is 4.50. The molecule has 29 heavy (non-hydrogen) atoms. The molecule has 1 fully saturated rings. The van der Waals surface area contributed by atoms with Crippen molar-refractivity contribution in [2.24, 2.45) is 4.99 Å². The van der Waals surface area contributed by atoms with Crippen LogP contribution in [0.3, 0.4) is 0 Å². The molecule has 2 aromatic rings. The summed E-state index contributed by atoms with van der Waals surface area (Å²) in [6, 6.07) is 8.83. The van der Waals surface area contributed by atoms with Gasteiger partial charge < -0.3 is 4.74 Å². The first-order valence-corrected chi connectivity index (χ1v) is 9.16. The molecule has 0 bridgehead atoms. The Balaban J connectivity index is 1.50. The zero-order valence-corrected chi connectivity index (χ0v) is 15.5. The average Bonchev–Trinajstić information content (AvgIpc) is 3.20. The summed E-state index contributed by atoms with van der Waals surface area (Å²) >= 11 is 0. The smallest absolute Gasteiger partial charge is 0.348 e. The van der Waals surface area contributed by atoms with Crippen LogP contribution in [0.2, 0.25) is 0 Å². The van der Waals surface area contributed by atoms with Gasteiger partial charge in [0.1, 0.15) is 0 Å². The fraction of sp³-hybridized carbons (Fsp3) is 0.286. The summed E-state index contributed by atoms with van der Waals surface area (Å²) < 4.78 is 44.0. The molecular formula is C21H19F3N2O3. The number of carbonyl (C=O) groups is 2. The number of benzene rings is 2. The summed E-state index contributed by atoms with van der Waals surface area (Å²) in [6.45, 7) is 3.10. The van der Waals surface area contributed by atoms with Gasteiger partial charge in [0, 0.05) is 12.8 Å². The lowest BCUT2D eigenvalue weighted by molar-refractivity contribution is -0.136. The van der Waals surface area contributed by atoms with Crippen molar-refractivity contribution in [2.45, 2.75) is 25.8 Å². The lowest BCUT2D eigenvalue weighted by Gasteiger charge is -2.14. The van der Waals surface area contributed by atoms with E-state index in [2.05, 4.69) is 14.6 Å². The maximum absolute atomic E-state index is 13.5. The van der Waals surface area contributed by atoms with Gasteiger partial charge in [-0.25, -0.2) is 18.0 Å². The molecule has 0 unspecified atom stereocenters. The van der Waals surface area contributed by atoms with Gasteiger partial charge in [-0.2, -0.15) is 0 Å². The van der Waals surface area contributed by atoms with E-state index in [1.54, 1.807) is 0 Å². The van der Waals surface area contributed by atoms with E-state index >= 15 is 0 Å². The number of rotatable bonds is 6. The minimum atomic E-state index is -1.80. The highest BCUT2D eigenvalue weighted by Crippen LogP contribution is 2.18. The van der Waals surface area contributed by atoms with E-state index in [1.165, 1.54) is 24.6 Å². The van der Waals surface area contributed by atoms with Gasteiger partial charge in [-0.05, 0) is 55.8 Å². The standard InChI is InChI=1S/C21H19F3N2O3/c22-17-8-7-16(19(23)20(17)24)21(28)29-18(27)9-10-25-15-5-3-14(4-6-15)13-26-11-1-2-12-26/h3-8,10H,1-2,9,11-13H2. The minimum absolute atomic E-state index is 0.341. The highest BCUT2D eigenvalue weighted by atomic mass is 19.2. The normalized spacial score (nSPS) is 14.4. The Bertz CT molecular complexity index is 924.